The first-order valence-electron chi connectivity index (χ1n) is 10.3. The third-order valence-corrected chi connectivity index (χ3v) is 6.04. The summed E-state index contributed by atoms with van der Waals surface area (Å²) in [6.07, 6.45) is 4.39. The third kappa shape index (κ3) is 4.31. The number of thioether (sulfide) groups is 1. The number of anilines is 1. The monoisotopic (exact) mass is 419 g/mol. The van der Waals surface area contributed by atoms with Gasteiger partial charge in [0.05, 0.1) is 22.2 Å². The van der Waals surface area contributed by atoms with Crippen LogP contribution in [0.1, 0.15) is 38.4 Å². The van der Waals surface area contributed by atoms with Crippen molar-refractivity contribution in [2.75, 3.05) is 5.73 Å². The van der Waals surface area contributed by atoms with Crippen molar-refractivity contribution in [1.82, 2.24) is 19.5 Å². The maximum Gasteiger partial charge on any atom is 0.262 e. The molecule has 154 valence electrons. The number of nitrogen functional groups attached to an aromatic ring is 1. The number of nitrogens with two attached hydrogens (primary N) is 1. The lowest BCUT2D eigenvalue weighted by molar-refractivity contribution is 0.531. The molecule has 0 saturated heterocycles. The Bertz CT molecular complexity index is 1240. The summed E-state index contributed by atoms with van der Waals surface area (Å²) in [4.78, 5) is 27.0. The first-order chi connectivity index (χ1) is 14.7. The van der Waals surface area contributed by atoms with E-state index in [9.17, 15) is 4.79 Å². The second-order valence-electron chi connectivity index (χ2n) is 7.26. The lowest BCUT2D eigenvalue weighted by Crippen LogP contribution is -2.23. The van der Waals surface area contributed by atoms with E-state index in [0.717, 1.165) is 30.2 Å². The van der Waals surface area contributed by atoms with E-state index in [2.05, 4.69) is 16.9 Å². The maximum absolute atomic E-state index is 13.1. The third-order valence-electron chi connectivity index (χ3n) is 5.07. The molecular formula is C23H25N5OS. The molecule has 0 aliphatic carbocycles. The topological polar surface area (TPSA) is 86.7 Å². The van der Waals surface area contributed by atoms with Gasteiger partial charge >= 0.3 is 0 Å². The predicted octanol–water partition coefficient (Wildman–Crippen LogP) is 4.79. The zero-order chi connectivity index (χ0) is 20.9. The van der Waals surface area contributed by atoms with Gasteiger partial charge in [-0.05, 0) is 30.7 Å². The largest absolute Gasteiger partial charge is 0.383 e. The molecule has 2 heterocycles. The second-order valence-corrected chi connectivity index (χ2v) is 8.20. The number of hydrogen-bond acceptors (Lipinski definition) is 6. The van der Waals surface area contributed by atoms with Crippen LogP contribution in [0.4, 0.5) is 5.82 Å². The van der Waals surface area contributed by atoms with Gasteiger partial charge in [0.2, 0.25) is 0 Å². The zero-order valence-corrected chi connectivity index (χ0v) is 17.9. The lowest BCUT2D eigenvalue weighted by atomic mass is 10.2. The summed E-state index contributed by atoms with van der Waals surface area (Å²) in [7, 11) is 0. The van der Waals surface area contributed by atoms with E-state index in [4.69, 9.17) is 10.7 Å². The molecule has 0 unspecified atom stereocenters. The highest BCUT2D eigenvalue weighted by Crippen LogP contribution is 2.24. The van der Waals surface area contributed by atoms with Gasteiger partial charge in [0, 0.05) is 11.9 Å². The Morgan fingerprint density at radius 2 is 1.60 bits per heavy atom. The van der Waals surface area contributed by atoms with Crippen molar-refractivity contribution in [3.8, 4) is 0 Å². The fourth-order valence-electron chi connectivity index (χ4n) is 3.50. The van der Waals surface area contributed by atoms with E-state index in [1.807, 2.05) is 48.5 Å². The summed E-state index contributed by atoms with van der Waals surface area (Å²) in [6, 6.07) is 15.2. The number of benzene rings is 2. The Labute approximate surface area is 179 Å². The number of aromatic nitrogens is 4. The minimum absolute atomic E-state index is 0.0125. The van der Waals surface area contributed by atoms with Crippen molar-refractivity contribution in [3.63, 3.8) is 0 Å². The fourth-order valence-corrected chi connectivity index (χ4v) is 4.38. The van der Waals surface area contributed by atoms with Gasteiger partial charge < -0.3 is 5.73 Å². The van der Waals surface area contributed by atoms with Gasteiger partial charge in [-0.2, -0.15) is 0 Å². The van der Waals surface area contributed by atoms with Crippen LogP contribution in [0.25, 0.3) is 21.8 Å². The van der Waals surface area contributed by atoms with Crippen LogP contribution in [-0.4, -0.2) is 19.5 Å². The van der Waals surface area contributed by atoms with Crippen LogP contribution in [0.5, 0.6) is 0 Å². The Morgan fingerprint density at radius 1 is 0.900 bits per heavy atom. The molecule has 0 spiro atoms. The normalized spacial score (nSPS) is 11.4. The lowest BCUT2D eigenvalue weighted by Gasteiger charge is -2.13. The number of fused-ring (bicyclic) bond motifs is 2. The SMILES string of the molecule is CCCCCCn1c(SCc2nc(N)c3ccccc3n2)nc2ccccc2c1=O. The highest BCUT2D eigenvalue weighted by molar-refractivity contribution is 7.98. The molecule has 7 heteroatoms. The van der Waals surface area contributed by atoms with Crippen LogP contribution >= 0.6 is 11.8 Å². The first-order valence-corrected chi connectivity index (χ1v) is 11.3. The molecule has 30 heavy (non-hydrogen) atoms. The van der Waals surface area contributed by atoms with E-state index in [0.29, 0.717) is 40.0 Å². The minimum Gasteiger partial charge on any atom is -0.383 e. The smallest absolute Gasteiger partial charge is 0.262 e. The zero-order valence-electron chi connectivity index (χ0n) is 17.0. The number of hydrogen-bond donors (Lipinski definition) is 1. The van der Waals surface area contributed by atoms with Gasteiger partial charge in [0.1, 0.15) is 11.6 Å². The van der Waals surface area contributed by atoms with E-state index >= 15 is 0 Å². The molecule has 0 aliphatic heterocycles. The Hall–Kier alpha value is -2.93. The molecular weight excluding hydrogens is 394 g/mol. The molecule has 6 nitrogen and oxygen atoms in total. The number of para-hydroxylation sites is 2. The molecule has 0 amide bonds. The van der Waals surface area contributed by atoms with Gasteiger partial charge in [-0.15, -0.1) is 0 Å². The Morgan fingerprint density at radius 3 is 2.37 bits per heavy atom. The summed E-state index contributed by atoms with van der Waals surface area (Å²) in [6.45, 7) is 2.85. The molecule has 0 fully saturated rings. The van der Waals surface area contributed by atoms with Crippen LogP contribution < -0.4 is 11.3 Å². The first kappa shape index (κ1) is 20.3. The van der Waals surface area contributed by atoms with Crippen molar-refractivity contribution >= 4 is 39.4 Å². The summed E-state index contributed by atoms with van der Waals surface area (Å²) >= 11 is 1.48. The van der Waals surface area contributed by atoms with Crippen LogP contribution in [0.15, 0.2) is 58.5 Å². The molecule has 0 aliphatic rings. The summed E-state index contributed by atoms with van der Waals surface area (Å²) in [5.74, 6) is 1.60. The molecule has 4 aromatic rings. The fraction of sp³-hybridized carbons (Fsp3) is 0.304. The van der Waals surface area contributed by atoms with Gasteiger partial charge in [0.15, 0.2) is 5.16 Å². The minimum atomic E-state index is 0.0125. The van der Waals surface area contributed by atoms with E-state index in [-0.39, 0.29) is 5.56 Å². The van der Waals surface area contributed by atoms with Gasteiger partial charge in [0.25, 0.3) is 5.56 Å². The molecule has 2 aromatic heterocycles. The summed E-state index contributed by atoms with van der Waals surface area (Å²) in [5.41, 5.74) is 7.67. The molecule has 0 saturated carbocycles. The molecule has 4 rings (SSSR count). The number of unbranched alkanes of at least 4 members (excludes halogenated alkanes) is 3. The van der Waals surface area contributed by atoms with Crippen molar-refractivity contribution in [2.45, 2.75) is 50.1 Å². The van der Waals surface area contributed by atoms with Crippen molar-refractivity contribution < 1.29 is 0 Å². The Kier molecular flexibility index (Phi) is 6.28. The molecule has 0 bridgehead atoms. The number of nitrogens with zero attached hydrogens (tertiary/aromatic N) is 4. The van der Waals surface area contributed by atoms with Crippen LogP contribution in [-0.2, 0) is 12.3 Å². The molecule has 0 radical (unpaired) electrons. The van der Waals surface area contributed by atoms with Gasteiger partial charge in [-0.3, -0.25) is 9.36 Å². The quantitative estimate of drug-likeness (QED) is 0.251. The van der Waals surface area contributed by atoms with E-state index in [1.54, 1.807) is 4.57 Å². The summed E-state index contributed by atoms with van der Waals surface area (Å²) < 4.78 is 1.80. The highest BCUT2D eigenvalue weighted by atomic mass is 32.2. The average molecular weight is 420 g/mol. The molecule has 2 aromatic carbocycles. The van der Waals surface area contributed by atoms with Crippen LogP contribution in [0, 0.1) is 0 Å². The number of rotatable bonds is 8. The van der Waals surface area contributed by atoms with E-state index < -0.39 is 0 Å². The predicted molar refractivity (Wildman–Crippen MR) is 124 cm³/mol. The molecule has 0 atom stereocenters. The standard InChI is InChI=1S/C23H25N5OS/c1-2-3-4-9-14-28-22(29)17-11-6-8-13-19(17)26-23(28)30-15-20-25-18-12-7-5-10-16(18)21(24)27-20/h5-8,10-13H,2-4,9,14-15H2,1H3,(H2,24,25,27). The van der Waals surface area contributed by atoms with Gasteiger partial charge in [-0.25, -0.2) is 15.0 Å². The second kappa shape index (κ2) is 9.26. The van der Waals surface area contributed by atoms with Crippen molar-refractivity contribution in [3.05, 3.63) is 64.7 Å². The Balaban J connectivity index is 1.64. The maximum atomic E-state index is 13.1. The van der Waals surface area contributed by atoms with Crippen molar-refractivity contribution in [2.24, 2.45) is 0 Å². The van der Waals surface area contributed by atoms with Crippen LogP contribution in [0.2, 0.25) is 0 Å². The summed E-state index contributed by atoms with van der Waals surface area (Å²) in [5, 5.41) is 2.21. The highest BCUT2D eigenvalue weighted by Gasteiger charge is 2.13. The molecule has 2 N–H and O–H groups in total. The van der Waals surface area contributed by atoms with Crippen LogP contribution in [0.3, 0.4) is 0 Å². The van der Waals surface area contributed by atoms with Crippen molar-refractivity contribution in [1.29, 1.82) is 0 Å². The van der Waals surface area contributed by atoms with Gasteiger partial charge in [-0.1, -0.05) is 62.2 Å². The van der Waals surface area contributed by atoms with E-state index in [1.165, 1.54) is 18.2 Å². The average Bonchev–Trinajstić information content (AvgIpc) is 2.77.